The minimum absolute atomic E-state index is 0.0285. The van der Waals surface area contributed by atoms with Crippen molar-refractivity contribution in [2.75, 3.05) is 156 Å². The molecule has 10 fully saturated rings. The summed E-state index contributed by atoms with van der Waals surface area (Å²) in [5, 5.41) is 38.9. The Kier molecular flexibility index (Phi) is 46.3. The first-order valence-electron chi connectivity index (χ1n) is 49.7. The van der Waals surface area contributed by atoms with E-state index in [1.807, 2.05) is 61.7 Å². The van der Waals surface area contributed by atoms with Gasteiger partial charge in [-0.2, -0.15) is 9.31 Å². The number of likely N-dealkylation sites (N-methyl/N-ethyl adjacent to an activating group) is 6. The molecule has 16 rings (SSSR count). The van der Waals surface area contributed by atoms with Crippen LogP contribution in [-0.4, -0.2) is 388 Å². The third-order valence-electron chi connectivity index (χ3n) is 27.3. The Labute approximate surface area is 839 Å². The van der Waals surface area contributed by atoms with Crippen LogP contribution in [0.2, 0.25) is 0 Å². The monoisotopic (exact) mass is 2030 g/mol. The van der Waals surface area contributed by atoms with Gasteiger partial charge in [-0.05, 0) is 232 Å². The summed E-state index contributed by atoms with van der Waals surface area (Å²) in [4.78, 5) is 199. The van der Waals surface area contributed by atoms with E-state index in [-0.39, 0.29) is 158 Å². The van der Waals surface area contributed by atoms with Gasteiger partial charge in [0.2, 0.25) is 5.91 Å². The molecule has 3 aromatic rings. The third-order valence-corrected chi connectivity index (χ3v) is 30.6. The number of carbonyl (C=O) groups is 15. The van der Waals surface area contributed by atoms with E-state index in [1.165, 1.54) is 53.0 Å². The summed E-state index contributed by atoms with van der Waals surface area (Å²) >= 11 is 0. The number of anilines is 3. The van der Waals surface area contributed by atoms with Gasteiger partial charge in [0, 0.05) is 93.5 Å². The van der Waals surface area contributed by atoms with Crippen molar-refractivity contribution in [2.45, 2.75) is 295 Å². The number of Topliss-reactive ketones (excluding diaryl/α,β-unsaturated/α-hetero) is 8. The van der Waals surface area contributed by atoms with Crippen LogP contribution >= 0.6 is 0 Å². The molecule has 1 aromatic heterocycles. The topological polar surface area (TPSA) is 487 Å². The van der Waals surface area contributed by atoms with Crippen molar-refractivity contribution in [1.82, 2.24) is 111 Å². The Morgan fingerprint density at radius 1 is 0.415 bits per heavy atom. The molecule has 0 saturated carbocycles. The number of carbonyl (C=O) groups excluding carboxylic acids is 15. The number of ketones is 8. The van der Waals surface area contributed by atoms with Gasteiger partial charge in [0.25, 0.3) is 29.2 Å². The summed E-state index contributed by atoms with van der Waals surface area (Å²) in [6, 6.07) is 8.78. The summed E-state index contributed by atoms with van der Waals surface area (Å²) in [6.45, 7) is 34.1. The van der Waals surface area contributed by atoms with Gasteiger partial charge >= 0.3 is 12.1 Å². The molecule has 142 heavy (non-hydrogen) atoms. The standard InChI is InChI=1S/C14H19N3O3S.C14H18N2O4S.C12H17N3O2.C12H21N3O2.C11H19N3O2.C10H18N4O2.C10H17N3O2.C9H16N4O2.2C2H6/c1-9(10(2)18)17-11-7-5-6-8-12(11)21(20)16(4)13(15-3)14(17)19;1-9(10(2)17)16-12-6-4-5-7-13(12)21(19,20)8-11(15-3)14(16)18;1-7-11(13-3)12(17)15-9(8(2)16)5-4-6-10(15)14-7;1-9(16)11-6-4-8-14-7-3-5-10(13-2)12(17)15(11)14;1-8(15)10-4-3-6-13-7-5-9(12-2)11(16)14(10)13;1-8(15)9-4-3-5-12-6-7-13(11-2)10(16)14(9)12;1-7(14)9-4-3-5-12-6-8(11-2)10(15)13(9)12;1-7(14)8-4-3-5-11-6-12(10-2)9(15)13(8)11;2*1-2/h5-9,13,15H,1-4H3;4-7,9,11,15H,8H2,1-3H3;9,13H,4-6H2,1-3H3;10-11,13H,3-8H2,1-2H3;9-10,12H,3-7H2,1-2H3;9,11H,3-7H2,1-2H3;8-9,11H,3-6H2,1-2H3;8,10H,3-6H2,1-2H3;2*1-2H3. The number of para-hydroxylation sites is 2. The maximum Gasteiger partial charge on any atom is 0.350 e. The minimum atomic E-state index is -3.60. The molecule has 14 unspecified atom stereocenters. The van der Waals surface area contributed by atoms with E-state index in [0.29, 0.717) is 41.7 Å². The van der Waals surface area contributed by atoms with Crippen molar-refractivity contribution in [3.63, 3.8) is 0 Å². The first-order chi connectivity index (χ1) is 67.5. The zero-order valence-electron chi connectivity index (χ0n) is 87.6. The Balaban J connectivity index is 0.000000220. The number of aryl methyl sites for hydroxylation is 2. The van der Waals surface area contributed by atoms with Gasteiger partial charge in [0.1, 0.15) is 71.5 Å². The molecular formula is C96H157N25O19S2. The van der Waals surface area contributed by atoms with E-state index in [1.54, 1.807) is 175 Å². The highest BCUT2D eigenvalue weighted by molar-refractivity contribution is 7.91. The number of hydrogen-bond donors (Lipinski definition) is 8. The molecular weight excluding hydrogens is 1870 g/mol. The molecule has 2 aromatic carbocycles. The molecule has 13 aliphatic heterocycles. The van der Waals surface area contributed by atoms with Gasteiger partial charge in [-0.1, -0.05) is 52.0 Å². The van der Waals surface area contributed by atoms with Crippen LogP contribution in [0.3, 0.4) is 0 Å². The van der Waals surface area contributed by atoms with Crippen LogP contribution in [0.4, 0.5) is 26.7 Å². The molecule has 792 valence electrons. The number of rotatable bonds is 18. The zero-order chi connectivity index (χ0) is 106. The van der Waals surface area contributed by atoms with Crippen LogP contribution in [0, 0.1) is 6.92 Å². The summed E-state index contributed by atoms with van der Waals surface area (Å²) in [5.41, 5.74) is 7.52. The Morgan fingerprint density at radius 2 is 0.803 bits per heavy atom. The second kappa shape index (κ2) is 55.3. The molecule has 0 bridgehead atoms. The van der Waals surface area contributed by atoms with Gasteiger partial charge in [0.15, 0.2) is 62.3 Å². The maximum absolute atomic E-state index is 12.8. The summed E-state index contributed by atoms with van der Waals surface area (Å²) in [5.74, 6) is -0.0260. The van der Waals surface area contributed by atoms with Crippen molar-refractivity contribution in [3.05, 3.63) is 70.4 Å². The lowest BCUT2D eigenvalue weighted by molar-refractivity contribution is -0.175. The number of benzene rings is 2. The molecule has 0 radical (unpaired) electrons. The summed E-state index contributed by atoms with van der Waals surface area (Å²) in [6.07, 6.45) is 13.2. The van der Waals surface area contributed by atoms with E-state index in [0.717, 1.165) is 161 Å². The fourth-order valence-electron chi connectivity index (χ4n) is 19.6. The number of sulfone groups is 1. The van der Waals surface area contributed by atoms with Gasteiger partial charge in [-0.25, -0.2) is 73.1 Å². The molecule has 0 aliphatic carbocycles. The first kappa shape index (κ1) is 119. The van der Waals surface area contributed by atoms with Crippen molar-refractivity contribution in [1.29, 1.82) is 0 Å². The normalized spacial score (nSPS) is 25.7. The Bertz CT molecular complexity index is 5030. The van der Waals surface area contributed by atoms with E-state index >= 15 is 0 Å². The zero-order valence-corrected chi connectivity index (χ0v) is 89.2. The number of nitrogens with zero attached hydrogens (tertiary/aromatic N) is 17. The van der Waals surface area contributed by atoms with Crippen LogP contribution < -0.4 is 58.1 Å². The van der Waals surface area contributed by atoms with Gasteiger partial charge in [-0.15, -0.1) is 0 Å². The summed E-state index contributed by atoms with van der Waals surface area (Å²) < 4.78 is 40.5. The van der Waals surface area contributed by atoms with Crippen LogP contribution in [0.25, 0.3) is 0 Å². The van der Waals surface area contributed by atoms with E-state index in [4.69, 9.17) is 0 Å². The lowest BCUT2D eigenvalue weighted by Gasteiger charge is -2.48. The average molecular weight is 2030 g/mol. The predicted molar refractivity (Wildman–Crippen MR) is 539 cm³/mol. The molecule has 10 saturated heterocycles. The van der Waals surface area contributed by atoms with Gasteiger partial charge in [0.05, 0.1) is 69.4 Å². The second-order valence-corrected chi connectivity index (χ2v) is 39.8. The van der Waals surface area contributed by atoms with Crippen molar-refractivity contribution in [3.8, 4) is 0 Å². The van der Waals surface area contributed by atoms with Crippen LogP contribution in [0.1, 0.15) is 211 Å². The lowest BCUT2D eigenvalue weighted by Crippen LogP contribution is -2.68. The Hall–Kier alpha value is -10.1. The fourth-order valence-corrected chi connectivity index (χ4v) is 22.5. The number of fused-ring (bicyclic) bond motifs is 8. The van der Waals surface area contributed by atoms with E-state index in [2.05, 4.69) is 52.7 Å². The lowest BCUT2D eigenvalue weighted by atomic mass is 10.00. The molecule has 46 heteroatoms. The largest absolute Gasteiger partial charge is 0.382 e. The number of nitrogens with one attached hydrogen (secondary N) is 8. The number of hydrazine groups is 7. The first-order valence-corrected chi connectivity index (χ1v) is 52.5. The number of urea groups is 2. The van der Waals surface area contributed by atoms with Crippen LogP contribution in [0.5, 0.6) is 0 Å². The van der Waals surface area contributed by atoms with Gasteiger partial charge < -0.3 is 26.6 Å². The molecule has 8 N–H and O–H groups in total. The van der Waals surface area contributed by atoms with Gasteiger partial charge in [-0.3, -0.25) is 107 Å². The highest BCUT2D eigenvalue weighted by Crippen LogP contribution is 2.36. The number of amides is 9. The highest BCUT2D eigenvalue weighted by Gasteiger charge is 2.50. The fraction of sp³-hybridized carbons (Fsp3) is 0.677. The molecule has 0 spiro atoms. The molecule has 9 amide bonds. The highest BCUT2D eigenvalue weighted by atomic mass is 32.2. The maximum atomic E-state index is 12.8. The smallest absolute Gasteiger partial charge is 0.350 e. The predicted octanol–water partition coefficient (Wildman–Crippen LogP) is 2.93. The van der Waals surface area contributed by atoms with E-state index < -0.39 is 51.0 Å². The van der Waals surface area contributed by atoms with Crippen molar-refractivity contribution >= 4 is 126 Å². The van der Waals surface area contributed by atoms with Crippen LogP contribution in [-0.2, 0) is 89.6 Å². The molecule has 13 aliphatic rings. The summed E-state index contributed by atoms with van der Waals surface area (Å²) in [7, 11) is 10.2. The Morgan fingerprint density at radius 3 is 1.26 bits per heavy atom. The van der Waals surface area contributed by atoms with E-state index in [9.17, 15) is 89.3 Å². The second-order valence-electron chi connectivity index (χ2n) is 36.2. The van der Waals surface area contributed by atoms with Crippen molar-refractivity contribution in [2.24, 2.45) is 0 Å². The van der Waals surface area contributed by atoms with Crippen LogP contribution in [0.15, 0.2) is 63.1 Å². The minimum Gasteiger partial charge on any atom is -0.382 e. The number of aromatic nitrogens is 2. The molecule has 14 heterocycles. The average Bonchev–Trinajstić information content (AvgIpc) is 1.39. The molecule has 44 nitrogen and oxygen atoms in total. The quantitative estimate of drug-likeness (QED) is 0.0907. The SMILES string of the molecule is CC.CC.CNC1C(=O)N(C(C)C(C)=O)c2ccccc2S(=O)N1C.CNC1CCCN2CCCC(C(C)=O)N2C1=O.CNC1CCN2CCCC(C(C)=O)N2C1=O.CNC1CN2CCCC(C(C)=O)N2C1=O.CNC1CS(=O)(=O)c2ccccc2N(C(C)C(C)=O)C1=O.CNN1CCN2CCCC(C(C)=O)N2C1=O.CNN1CN2CCCC(C(C)=O)N2C1=O.CNc1c(C)nc2n(c1=O)C(C(C)=O)CCC2. The third kappa shape index (κ3) is 27.8. The number of hydrogen-bond acceptors (Lipinski definition) is 33. The molecule has 14 atom stereocenters. The van der Waals surface area contributed by atoms with Crippen molar-refractivity contribution < 1.29 is 84.5 Å².